The molecule has 1 rings (SSSR count). The summed E-state index contributed by atoms with van der Waals surface area (Å²) in [5.41, 5.74) is 6.56. The first-order valence-corrected chi connectivity index (χ1v) is 6.58. The number of hydrogen-bond donors (Lipinski definition) is 2. The number of anilines is 1. The summed E-state index contributed by atoms with van der Waals surface area (Å²) in [7, 11) is 1.51. The molecule has 0 spiro atoms. The van der Waals surface area contributed by atoms with E-state index in [-0.39, 0.29) is 5.91 Å². The summed E-state index contributed by atoms with van der Waals surface area (Å²) in [5.74, 6) is 4.18. The third-order valence-electron chi connectivity index (χ3n) is 2.22. The van der Waals surface area contributed by atoms with E-state index in [2.05, 4.69) is 11.2 Å². The van der Waals surface area contributed by atoms with Crippen molar-refractivity contribution in [3.05, 3.63) is 23.8 Å². The van der Waals surface area contributed by atoms with Crippen molar-refractivity contribution < 1.29 is 9.53 Å². The molecule has 96 valence electrons. The van der Waals surface area contributed by atoms with Crippen LogP contribution in [-0.2, 0) is 0 Å². The number of rotatable bonds is 6. The number of hydrogen-bond acceptors (Lipinski definition) is 4. The van der Waals surface area contributed by atoms with E-state index in [4.69, 9.17) is 16.9 Å². The lowest BCUT2D eigenvalue weighted by Crippen LogP contribution is -2.27. The molecule has 1 amide bonds. The standard InChI is InChI=1S/C13H16N2O2S/c1-3-8-18-9-7-15-13(16)12-10(14)5-4-6-11(12)17-2/h1,4-6H,7-9,14H2,2H3,(H,15,16). The van der Waals surface area contributed by atoms with Crippen LogP contribution in [0.3, 0.4) is 0 Å². The van der Waals surface area contributed by atoms with Crippen molar-refractivity contribution in [2.45, 2.75) is 0 Å². The van der Waals surface area contributed by atoms with Crippen molar-refractivity contribution in [3.63, 3.8) is 0 Å². The lowest BCUT2D eigenvalue weighted by molar-refractivity contribution is 0.0954. The van der Waals surface area contributed by atoms with Crippen molar-refractivity contribution >= 4 is 23.4 Å². The van der Waals surface area contributed by atoms with Crippen LogP contribution < -0.4 is 15.8 Å². The Morgan fingerprint density at radius 3 is 3.06 bits per heavy atom. The van der Waals surface area contributed by atoms with Gasteiger partial charge in [-0.1, -0.05) is 12.0 Å². The fraction of sp³-hybridized carbons (Fsp3) is 0.308. The molecule has 5 heteroatoms. The minimum atomic E-state index is -0.230. The minimum Gasteiger partial charge on any atom is -0.496 e. The summed E-state index contributed by atoms with van der Waals surface area (Å²) >= 11 is 1.59. The zero-order chi connectivity index (χ0) is 13.4. The van der Waals surface area contributed by atoms with Crippen LogP contribution in [0.1, 0.15) is 10.4 Å². The maximum atomic E-state index is 12.0. The Morgan fingerprint density at radius 2 is 2.39 bits per heavy atom. The average Bonchev–Trinajstić information content (AvgIpc) is 2.37. The van der Waals surface area contributed by atoms with Crippen LogP contribution in [0, 0.1) is 12.3 Å². The predicted octanol–water partition coefficient (Wildman–Crippen LogP) is 1.37. The summed E-state index contributed by atoms with van der Waals surface area (Å²) < 4.78 is 5.12. The molecular weight excluding hydrogens is 248 g/mol. The van der Waals surface area contributed by atoms with Gasteiger partial charge in [0.1, 0.15) is 11.3 Å². The van der Waals surface area contributed by atoms with Gasteiger partial charge in [0, 0.05) is 18.0 Å². The zero-order valence-electron chi connectivity index (χ0n) is 10.2. The van der Waals surface area contributed by atoms with Gasteiger partial charge >= 0.3 is 0 Å². The molecule has 0 aliphatic heterocycles. The normalized spacial score (nSPS) is 9.56. The second-order valence-corrected chi connectivity index (χ2v) is 4.54. The predicted molar refractivity (Wildman–Crippen MR) is 75.9 cm³/mol. The van der Waals surface area contributed by atoms with E-state index >= 15 is 0 Å². The minimum absolute atomic E-state index is 0.230. The third kappa shape index (κ3) is 3.90. The highest BCUT2D eigenvalue weighted by Gasteiger charge is 2.14. The third-order valence-corrected chi connectivity index (χ3v) is 3.09. The number of nitrogen functional groups attached to an aromatic ring is 1. The fourth-order valence-electron chi connectivity index (χ4n) is 1.42. The zero-order valence-corrected chi connectivity index (χ0v) is 11.0. The Hall–Kier alpha value is -1.80. The lowest BCUT2D eigenvalue weighted by Gasteiger charge is -2.11. The van der Waals surface area contributed by atoms with Gasteiger partial charge in [-0.25, -0.2) is 0 Å². The molecule has 0 aliphatic rings. The van der Waals surface area contributed by atoms with E-state index < -0.39 is 0 Å². The average molecular weight is 264 g/mol. The molecule has 4 nitrogen and oxygen atoms in total. The van der Waals surface area contributed by atoms with Crippen LogP contribution in [0.25, 0.3) is 0 Å². The molecule has 3 N–H and O–H groups in total. The number of carbonyl (C=O) groups excluding carboxylic acids is 1. The first kappa shape index (κ1) is 14.3. The Balaban J connectivity index is 2.59. The summed E-state index contributed by atoms with van der Waals surface area (Å²) in [5, 5.41) is 2.79. The lowest BCUT2D eigenvalue weighted by atomic mass is 10.1. The number of amides is 1. The number of nitrogens with two attached hydrogens (primary N) is 1. The molecule has 0 atom stereocenters. The van der Waals surface area contributed by atoms with Gasteiger partial charge in [0.2, 0.25) is 0 Å². The van der Waals surface area contributed by atoms with Gasteiger partial charge in [-0.05, 0) is 12.1 Å². The van der Waals surface area contributed by atoms with Crippen molar-refractivity contribution in [1.29, 1.82) is 0 Å². The Kier molecular flexibility index (Phi) is 5.95. The molecule has 0 bridgehead atoms. The Labute approximate surface area is 111 Å². The maximum absolute atomic E-state index is 12.0. The van der Waals surface area contributed by atoms with Crippen molar-refractivity contribution in [2.24, 2.45) is 0 Å². The van der Waals surface area contributed by atoms with E-state index in [1.54, 1.807) is 30.0 Å². The van der Waals surface area contributed by atoms with Gasteiger partial charge in [-0.2, -0.15) is 0 Å². The molecule has 0 saturated heterocycles. The number of methoxy groups -OCH3 is 1. The van der Waals surface area contributed by atoms with Gasteiger partial charge in [0.05, 0.1) is 12.9 Å². The van der Waals surface area contributed by atoms with E-state index in [0.717, 1.165) is 5.75 Å². The number of terminal acetylenes is 1. The molecule has 0 heterocycles. The Bertz CT molecular complexity index is 455. The molecule has 1 aromatic carbocycles. The van der Waals surface area contributed by atoms with Gasteiger partial charge in [0.25, 0.3) is 5.91 Å². The summed E-state index contributed by atoms with van der Waals surface area (Å²) in [6.07, 6.45) is 5.13. The second kappa shape index (κ2) is 7.51. The molecular formula is C13H16N2O2S. The molecule has 0 saturated carbocycles. The first-order valence-electron chi connectivity index (χ1n) is 5.42. The first-order chi connectivity index (χ1) is 8.70. The van der Waals surface area contributed by atoms with E-state index in [9.17, 15) is 4.79 Å². The van der Waals surface area contributed by atoms with Crippen molar-refractivity contribution in [2.75, 3.05) is 30.9 Å². The van der Waals surface area contributed by atoms with Crippen LogP contribution in [0.15, 0.2) is 18.2 Å². The highest BCUT2D eigenvalue weighted by atomic mass is 32.2. The van der Waals surface area contributed by atoms with Crippen LogP contribution >= 0.6 is 11.8 Å². The molecule has 0 unspecified atom stereocenters. The SMILES string of the molecule is C#CCSCCNC(=O)c1c(N)cccc1OC. The monoisotopic (exact) mass is 264 g/mol. The van der Waals surface area contributed by atoms with Crippen molar-refractivity contribution in [3.8, 4) is 18.1 Å². The second-order valence-electron chi connectivity index (χ2n) is 3.44. The van der Waals surface area contributed by atoms with Gasteiger partial charge in [-0.15, -0.1) is 18.2 Å². The molecule has 0 aliphatic carbocycles. The van der Waals surface area contributed by atoms with Crippen molar-refractivity contribution in [1.82, 2.24) is 5.32 Å². The van der Waals surface area contributed by atoms with Gasteiger partial charge in [-0.3, -0.25) is 4.79 Å². The topological polar surface area (TPSA) is 64.4 Å². The molecule has 0 radical (unpaired) electrons. The summed E-state index contributed by atoms with van der Waals surface area (Å²) in [6, 6.07) is 5.12. The highest BCUT2D eigenvalue weighted by Crippen LogP contribution is 2.23. The highest BCUT2D eigenvalue weighted by molar-refractivity contribution is 7.99. The molecule has 1 aromatic rings. The molecule has 0 aromatic heterocycles. The number of nitrogens with one attached hydrogen (secondary N) is 1. The van der Waals surface area contributed by atoms with E-state index in [0.29, 0.717) is 29.3 Å². The van der Waals surface area contributed by atoms with Crippen LogP contribution in [0.2, 0.25) is 0 Å². The Morgan fingerprint density at radius 1 is 1.61 bits per heavy atom. The number of thioether (sulfide) groups is 1. The number of carbonyl (C=O) groups is 1. The number of ether oxygens (including phenoxy) is 1. The van der Waals surface area contributed by atoms with Crippen LogP contribution in [-0.4, -0.2) is 31.1 Å². The largest absolute Gasteiger partial charge is 0.496 e. The summed E-state index contributed by atoms with van der Waals surface area (Å²) in [6.45, 7) is 0.544. The van der Waals surface area contributed by atoms with E-state index in [1.165, 1.54) is 7.11 Å². The van der Waals surface area contributed by atoms with E-state index in [1.807, 2.05) is 0 Å². The van der Waals surface area contributed by atoms with Crippen LogP contribution in [0.4, 0.5) is 5.69 Å². The van der Waals surface area contributed by atoms with Gasteiger partial charge in [0.15, 0.2) is 0 Å². The molecule has 0 fully saturated rings. The smallest absolute Gasteiger partial charge is 0.257 e. The maximum Gasteiger partial charge on any atom is 0.257 e. The van der Waals surface area contributed by atoms with Gasteiger partial charge < -0.3 is 15.8 Å². The quantitative estimate of drug-likeness (QED) is 0.463. The number of benzene rings is 1. The van der Waals surface area contributed by atoms with Crippen LogP contribution in [0.5, 0.6) is 5.75 Å². The summed E-state index contributed by atoms with van der Waals surface area (Å²) in [4.78, 5) is 12.0. The molecule has 18 heavy (non-hydrogen) atoms. The fourth-order valence-corrected chi connectivity index (χ4v) is 1.93.